The number of rotatable bonds is 7. The molecule has 2 N–H and O–H groups in total. The number of carbonyl (C=O) groups excluding carboxylic acids is 3. The highest BCUT2D eigenvalue weighted by molar-refractivity contribution is 7.15. The molecule has 0 aliphatic carbocycles. The summed E-state index contributed by atoms with van der Waals surface area (Å²) >= 11 is 2.49. The molecule has 0 saturated heterocycles. The smallest absolute Gasteiger partial charge is 0.306 e. The molecule has 0 unspecified atom stereocenters. The number of anilines is 2. The molecule has 9 nitrogen and oxygen atoms in total. The van der Waals surface area contributed by atoms with Crippen LogP contribution in [-0.4, -0.2) is 39.6 Å². The van der Waals surface area contributed by atoms with Crippen LogP contribution in [0.1, 0.15) is 17.8 Å². The minimum Gasteiger partial charge on any atom is -0.456 e. The van der Waals surface area contributed by atoms with Crippen molar-refractivity contribution in [3.8, 4) is 0 Å². The quantitative estimate of drug-likeness (QED) is 0.715. The molecule has 0 saturated carbocycles. The molecule has 0 aromatic carbocycles. The molecule has 0 radical (unpaired) electrons. The number of ether oxygens (including phenoxy) is 1. The highest BCUT2D eigenvalue weighted by atomic mass is 32.1. The highest BCUT2D eigenvalue weighted by Gasteiger charge is 2.12. The zero-order valence-corrected chi connectivity index (χ0v) is 13.7. The van der Waals surface area contributed by atoms with Gasteiger partial charge in [0.05, 0.1) is 6.42 Å². The Morgan fingerprint density at radius 2 is 1.91 bits per heavy atom. The molecule has 11 heteroatoms. The molecular weight excluding hydrogens is 342 g/mol. The second-order valence-electron chi connectivity index (χ2n) is 4.22. The van der Waals surface area contributed by atoms with E-state index in [9.17, 15) is 14.4 Å². The second-order valence-corrected chi connectivity index (χ2v) is 6.30. The Morgan fingerprint density at radius 3 is 2.57 bits per heavy atom. The minimum absolute atomic E-state index is 0.0639. The fourth-order valence-corrected chi connectivity index (χ4v) is 2.56. The SMILES string of the molecule is Cc1nnc(NC(=O)CCC(=O)OCC(=O)Nc2nccs2)s1. The summed E-state index contributed by atoms with van der Waals surface area (Å²) in [6, 6.07) is 0. The van der Waals surface area contributed by atoms with Gasteiger partial charge in [0.1, 0.15) is 5.01 Å². The number of aromatic nitrogens is 3. The molecule has 122 valence electrons. The van der Waals surface area contributed by atoms with Gasteiger partial charge in [-0.2, -0.15) is 0 Å². The van der Waals surface area contributed by atoms with E-state index in [0.717, 1.165) is 5.01 Å². The van der Waals surface area contributed by atoms with Crippen LogP contribution in [0.2, 0.25) is 0 Å². The van der Waals surface area contributed by atoms with E-state index in [2.05, 4.69) is 25.8 Å². The van der Waals surface area contributed by atoms with E-state index in [1.54, 1.807) is 18.5 Å². The van der Waals surface area contributed by atoms with Crippen molar-refractivity contribution in [2.24, 2.45) is 0 Å². The van der Waals surface area contributed by atoms with Gasteiger partial charge in [-0.25, -0.2) is 4.98 Å². The van der Waals surface area contributed by atoms with Crippen molar-refractivity contribution in [1.29, 1.82) is 0 Å². The first kappa shape index (κ1) is 17.0. The first-order valence-electron chi connectivity index (χ1n) is 6.48. The third-order valence-electron chi connectivity index (χ3n) is 2.37. The zero-order valence-electron chi connectivity index (χ0n) is 12.1. The second kappa shape index (κ2) is 8.29. The van der Waals surface area contributed by atoms with Gasteiger partial charge in [0, 0.05) is 18.0 Å². The molecule has 2 aromatic heterocycles. The highest BCUT2D eigenvalue weighted by Crippen LogP contribution is 2.14. The topological polar surface area (TPSA) is 123 Å². The molecule has 23 heavy (non-hydrogen) atoms. The number of hydrogen-bond acceptors (Lipinski definition) is 9. The summed E-state index contributed by atoms with van der Waals surface area (Å²) in [5, 5.41) is 15.7. The summed E-state index contributed by atoms with van der Waals surface area (Å²) < 4.78 is 4.78. The lowest BCUT2D eigenvalue weighted by molar-refractivity contribution is -0.147. The predicted molar refractivity (Wildman–Crippen MR) is 84.2 cm³/mol. The van der Waals surface area contributed by atoms with Crippen molar-refractivity contribution in [3.63, 3.8) is 0 Å². The molecular formula is C12H13N5O4S2. The van der Waals surface area contributed by atoms with Gasteiger partial charge >= 0.3 is 5.97 Å². The Kier molecular flexibility index (Phi) is 6.11. The number of nitrogens with one attached hydrogen (secondary N) is 2. The molecule has 0 aliphatic rings. The van der Waals surface area contributed by atoms with Crippen LogP contribution in [-0.2, 0) is 19.1 Å². The Labute approximate surface area is 139 Å². The summed E-state index contributed by atoms with van der Waals surface area (Å²) in [6.45, 7) is 1.34. The lowest BCUT2D eigenvalue weighted by Crippen LogP contribution is -2.21. The van der Waals surface area contributed by atoms with Gasteiger partial charge in [-0.15, -0.1) is 21.5 Å². The molecule has 0 atom stereocenters. The van der Waals surface area contributed by atoms with E-state index in [-0.39, 0.29) is 18.7 Å². The minimum atomic E-state index is -0.636. The van der Waals surface area contributed by atoms with Crippen molar-refractivity contribution in [2.75, 3.05) is 17.2 Å². The number of thiazole rings is 1. The van der Waals surface area contributed by atoms with Crippen LogP contribution in [0.5, 0.6) is 0 Å². The van der Waals surface area contributed by atoms with Gasteiger partial charge in [0.25, 0.3) is 5.91 Å². The summed E-state index contributed by atoms with van der Waals surface area (Å²) in [5.41, 5.74) is 0. The number of hydrogen-bond donors (Lipinski definition) is 2. The fraction of sp³-hybridized carbons (Fsp3) is 0.333. The normalized spacial score (nSPS) is 10.1. The van der Waals surface area contributed by atoms with Crippen LogP contribution < -0.4 is 10.6 Å². The van der Waals surface area contributed by atoms with Crippen molar-refractivity contribution >= 4 is 50.7 Å². The summed E-state index contributed by atoms with van der Waals surface area (Å²) in [4.78, 5) is 38.4. The molecule has 0 fully saturated rings. The van der Waals surface area contributed by atoms with Crippen molar-refractivity contribution in [2.45, 2.75) is 19.8 Å². The number of aryl methyl sites for hydroxylation is 1. The monoisotopic (exact) mass is 355 g/mol. The van der Waals surface area contributed by atoms with Gasteiger partial charge < -0.3 is 10.1 Å². The molecule has 0 aliphatic heterocycles. The Hall–Kier alpha value is -2.40. The van der Waals surface area contributed by atoms with Crippen molar-refractivity contribution in [3.05, 3.63) is 16.6 Å². The van der Waals surface area contributed by atoms with Gasteiger partial charge in [-0.05, 0) is 6.92 Å². The Bertz CT molecular complexity index is 685. The summed E-state index contributed by atoms with van der Waals surface area (Å²) in [6.07, 6.45) is 1.35. The molecule has 2 heterocycles. The van der Waals surface area contributed by atoms with Gasteiger partial charge in [-0.3, -0.25) is 19.7 Å². The molecule has 0 bridgehead atoms. The van der Waals surface area contributed by atoms with E-state index in [0.29, 0.717) is 10.3 Å². The first-order chi connectivity index (χ1) is 11.0. The lowest BCUT2D eigenvalue weighted by atomic mass is 10.3. The van der Waals surface area contributed by atoms with E-state index >= 15 is 0 Å². The van der Waals surface area contributed by atoms with Crippen molar-refractivity contribution < 1.29 is 19.1 Å². The first-order valence-corrected chi connectivity index (χ1v) is 8.17. The van der Waals surface area contributed by atoms with Crippen LogP contribution in [0.4, 0.5) is 10.3 Å². The number of esters is 1. The van der Waals surface area contributed by atoms with Crippen LogP contribution in [0.3, 0.4) is 0 Å². The average Bonchev–Trinajstić information content (AvgIpc) is 3.15. The Balaban J connectivity index is 1.62. The van der Waals surface area contributed by atoms with Gasteiger partial charge in [0.15, 0.2) is 11.7 Å². The maximum absolute atomic E-state index is 11.6. The van der Waals surface area contributed by atoms with Gasteiger partial charge in [-0.1, -0.05) is 11.3 Å². The summed E-state index contributed by atoms with van der Waals surface area (Å²) in [7, 11) is 0. The maximum atomic E-state index is 11.6. The van der Waals surface area contributed by atoms with E-state index < -0.39 is 18.5 Å². The van der Waals surface area contributed by atoms with Crippen molar-refractivity contribution in [1.82, 2.24) is 15.2 Å². The maximum Gasteiger partial charge on any atom is 0.306 e. The van der Waals surface area contributed by atoms with Crippen LogP contribution >= 0.6 is 22.7 Å². The van der Waals surface area contributed by atoms with E-state index in [4.69, 9.17) is 4.74 Å². The predicted octanol–water partition coefficient (Wildman–Crippen LogP) is 1.20. The fourth-order valence-electron chi connectivity index (χ4n) is 1.40. The average molecular weight is 355 g/mol. The third-order valence-corrected chi connectivity index (χ3v) is 3.81. The molecule has 0 spiro atoms. The van der Waals surface area contributed by atoms with Gasteiger partial charge in [0.2, 0.25) is 11.0 Å². The number of amides is 2. The zero-order chi connectivity index (χ0) is 16.7. The third kappa shape index (κ3) is 6.08. The number of nitrogens with zero attached hydrogens (tertiary/aromatic N) is 3. The van der Waals surface area contributed by atoms with Crippen LogP contribution in [0.15, 0.2) is 11.6 Å². The molecule has 2 aromatic rings. The Morgan fingerprint density at radius 1 is 1.13 bits per heavy atom. The molecule has 2 amide bonds. The number of carbonyl (C=O) groups is 3. The largest absolute Gasteiger partial charge is 0.456 e. The summed E-state index contributed by atoms with van der Waals surface area (Å²) in [5.74, 6) is -1.49. The lowest BCUT2D eigenvalue weighted by Gasteiger charge is -2.04. The molecule has 2 rings (SSSR count). The van der Waals surface area contributed by atoms with E-state index in [1.165, 1.54) is 22.7 Å². The van der Waals surface area contributed by atoms with E-state index in [1.807, 2.05) is 0 Å². The standard InChI is InChI=1S/C12H13N5O4S2/c1-7-16-17-12(23-7)14-8(18)2-3-10(20)21-6-9(19)15-11-13-4-5-22-11/h4-5H,2-3,6H2,1H3,(H,13,15,19)(H,14,17,18). The van der Waals surface area contributed by atoms with Crippen LogP contribution in [0, 0.1) is 6.92 Å². The van der Waals surface area contributed by atoms with Crippen LogP contribution in [0.25, 0.3) is 0 Å².